The molecule has 0 spiro atoms. The van der Waals surface area contributed by atoms with Gasteiger partial charge in [-0.2, -0.15) is 0 Å². The molecule has 5 nitrogen and oxygen atoms in total. The lowest BCUT2D eigenvalue weighted by atomic mass is 10.2. The van der Waals surface area contributed by atoms with Crippen molar-refractivity contribution in [3.63, 3.8) is 0 Å². The van der Waals surface area contributed by atoms with Crippen LogP contribution < -0.4 is 16.0 Å². The van der Waals surface area contributed by atoms with Gasteiger partial charge in [-0.15, -0.1) is 0 Å². The average Bonchev–Trinajstić information content (AvgIpc) is 2.55. The summed E-state index contributed by atoms with van der Waals surface area (Å²) in [4.78, 5) is 16.1. The molecule has 0 saturated heterocycles. The molecule has 0 aliphatic carbocycles. The van der Waals surface area contributed by atoms with Gasteiger partial charge in [-0.25, -0.2) is 9.37 Å². The van der Waals surface area contributed by atoms with E-state index in [2.05, 4.69) is 4.98 Å². The largest absolute Gasteiger partial charge is 0.489 e. The van der Waals surface area contributed by atoms with Crippen LogP contribution >= 0.6 is 0 Å². The third kappa shape index (κ3) is 3.55. The van der Waals surface area contributed by atoms with Crippen LogP contribution in [0.1, 0.15) is 5.56 Å². The van der Waals surface area contributed by atoms with Crippen molar-refractivity contribution in [1.29, 1.82) is 0 Å². The maximum Gasteiger partial charge on any atom is 0.258 e. The quantitative estimate of drug-likeness (QED) is 0.804. The molecule has 2 heterocycles. The first kappa shape index (κ1) is 14.8. The number of ether oxygens (including phenoxy) is 1. The third-order valence-corrected chi connectivity index (χ3v) is 3.26. The molecule has 0 fully saturated rings. The van der Waals surface area contributed by atoms with Gasteiger partial charge < -0.3 is 10.5 Å². The molecule has 3 rings (SSSR count). The Morgan fingerprint density at radius 3 is 2.57 bits per heavy atom. The smallest absolute Gasteiger partial charge is 0.258 e. The Balaban J connectivity index is 1.75. The van der Waals surface area contributed by atoms with Crippen LogP contribution in [0.2, 0.25) is 0 Å². The molecule has 2 aromatic heterocycles. The van der Waals surface area contributed by atoms with Crippen molar-refractivity contribution in [3.05, 3.63) is 82.7 Å². The van der Waals surface area contributed by atoms with Crippen molar-refractivity contribution >= 4 is 5.82 Å². The fraction of sp³-hybridized carbons (Fsp3) is 0.0588. The molecule has 0 radical (unpaired) electrons. The number of anilines is 1. The number of nitrogens with zero attached hydrogens (tertiary/aromatic N) is 2. The number of hydrogen-bond donors (Lipinski definition) is 1. The highest BCUT2D eigenvalue weighted by Gasteiger charge is 2.03. The average molecular weight is 311 g/mol. The first-order chi connectivity index (χ1) is 11.1. The molecular formula is C17H14FN3O2. The van der Waals surface area contributed by atoms with Gasteiger partial charge in [-0.1, -0.05) is 12.1 Å². The van der Waals surface area contributed by atoms with Crippen LogP contribution in [0.3, 0.4) is 0 Å². The minimum absolute atomic E-state index is 0.242. The van der Waals surface area contributed by atoms with Crippen molar-refractivity contribution in [3.8, 4) is 11.4 Å². The number of benzene rings is 1. The Bertz CT molecular complexity index is 858. The summed E-state index contributed by atoms with van der Waals surface area (Å²) in [5.41, 5.74) is 6.72. The van der Waals surface area contributed by atoms with Gasteiger partial charge >= 0.3 is 0 Å². The maximum absolute atomic E-state index is 12.8. The maximum atomic E-state index is 12.8. The van der Waals surface area contributed by atoms with E-state index in [9.17, 15) is 9.18 Å². The summed E-state index contributed by atoms with van der Waals surface area (Å²) in [6.45, 7) is 0.257. The normalized spacial score (nSPS) is 10.5. The van der Waals surface area contributed by atoms with Crippen LogP contribution in [0.15, 0.2) is 65.7 Å². The topological polar surface area (TPSA) is 70.1 Å². The van der Waals surface area contributed by atoms with Gasteiger partial charge in [-0.3, -0.25) is 9.36 Å². The van der Waals surface area contributed by atoms with E-state index in [1.807, 2.05) is 0 Å². The van der Waals surface area contributed by atoms with Gasteiger partial charge in [0.1, 0.15) is 24.0 Å². The second-order valence-electron chi connectivity index (χ2n) is 4.93. The molecule has 3 aromatic rings. The van der Waals surface area contributed by atoms with Gasteiger partial charge in [0.25, 0.3) is 5.56 Å². The molecule has 23 heavy (non-hydrogen) atoms. The molecule has 0 aliphatic heterocycles. The Labute approximate surface area is 131 Å². The van der Waals surface area contributed by atoms with Crippen molar-refractivity contribution in [2.45, 2.75) is 6.61 Å². The monoisotopic (exact) mass is 311 g/mol. The fourth-order valence-electron chi connectivity index (χ4n) is 2.05. The van der Waals surface area contributed by atoms with E-state index in [4.69, 9.17) is 10.5 Å². The molecule has 0 unspecified atom stereocenters. The summed E-state index contributed by atoms with van der Waals surface area (Å²) in [6.07, 6.45) is 3.13. The van der Waals surface area contributed by atoms with E-state index in [1.54, 1.807) is 36.5 Å². The number of pyridine rings is 2. The van der Waals surface area contributed by atoms with E-state index in [1.165, 1.54) is 29.0 Å². The zero-order valence-electron chi connectivity index (χ0n) is 12.1. The minimum atomic E-state index is -0.298. The fourth-order valence-corrected chi connectivity index (χ4v) is 2.05. The van der Waals surface area contributed by atoms with E-state index in [0.717, 1.165) is 5.56 Å². The molecule has 0 atom stereocenters. The third-order valence-electron chi connectivity index (χ3n) is 3.26. The molecule has 2 N–H and O–H groups in total. The van der Waals surface area contributed by atoms with Crippen LogP contribution in [-0.2, 0) is 6.61 Å². The Kier molecular flexibility index (Phi) is 4.05. The molecule has 0 bridgehead atoms. The molecule has 1 aromatic carbocycles. The Morgan fingerprint density at radius 1 is 1.13 bits per heavy atom. The zero-order valence-corrected chi connectivity index (χ0v) is 12.1. The number of halogens is 1. The van der Waals surface area contributed by atoms with Crippen LogP contribution in [0.4, 0.5) is 10.2 Å². The SMILES string of the molecule is Nc1ccc(-n2ccc(OCc3ccc(F)cc3)cc2=O)cn1. The number of nitrogens with two attached hydrogens (primary N) is 1. The van der Waals surface area contributed by atoms with Crippen molar-refractivity contribution in [2.75, 3.05) is 5.73 Å². The molecule has 6 heteroatoms. The summed E-state index contributed by atoms with van der Waals surface area (Å²) < 4.78 is 19.8. The number of nitrogen functional groups attached to an aromatic ring is 1. The lowest BCUT2D eigenvalue weighted by Crippen LogP contribution is -2.17. The Hall–Kier alpha value is -3.15. The van der Waals surface area contributed by atoms with Gasteiger partial charge in [-0.05, 0) is 35.9 Å². The zero-order chi connectivity index (χ0) is 16.2. The summed E-state index contributed by atoms with van der Waals surface area (Å²) in [5.74, 6) is 0.536. The highest BCUT2D eigenvalue weighted by Crippen LogP contribution is 2.12. The van der Waals surface area contributed by atoms with Crippen molar-refractivity contribution in [2.24, 2.45) is 0 Å². The van der Waals surface area contributed by atoms with Crippen LogP contribution in [0.25, 0.3) is 5.69 Å². The summed E-state index contributed by atoms with van der Waals surface area (Å²) in [5, 5.41) is 0. The van der Waals surface area contributed by atoms with Crippen LogP contribution in [0, 0.1) is 5.82 Å². The standard InChI is InChI=1S/C17H14FN3O2/c18-13-3-1-12(2-4-13)11-23-15-7-8-21(17(22)9-15)14-5-6-16(19)20-10-14/h1-10H,11H2,(H2,19,20). The predicted molar refractivity (Wildman–Crippen MR) is 85.0 cm³/mol. The lowest BCUT2D eigenvalue weighted by Gasteiger charge is -2.09. The first-order valence-corrected chi connectivity index (χ1v) is 6.94. The highest BCUT2D eigenvalue weighted by atomic mass is 19.1. The summed E-state index contributed by atoms with van der Waals surface area (Å²) in [6, 6.07) is 12.4. The van der Waals surface area contributed by atoms with Crippen molar-refractivity contribution in [1.82, 2.24) is 9.55 Å². The molecular weight excluding hydrogens is 297 g/mol. The van der Waals surface area contributed by atoms with E-state index in [0.29, 0.717) is 17.3 Å². The lowest BCUT2D eigenvalue weighted by molar-refractivity contribution is 0.305. The second kappa shape index (κ2) is 6.31. The second-order valence-corrected chi connectivity index (χ2v) is 4.93. The summed E-state index contributed by atoms with van der Waals surface area (Å²) in [7, 11) is 0. The van der Waals surface area contributed by atoms with E-state index >= 15 is 0 Å². The number of aromatic nitrogens is 2. The van der Waals surface area contributed by atoms with Crippen molar-refractivity contribution < 1.29 is 9.13 Å². The molecule has 0 amide bonds. The van der Waals surface area contributed by atoms with Gasteiger partial charge in [0.05, 0.1) is 11.9 Å². The van der Waals surface area contributed by atoms with Gasteiger partial charge in [0.2, 0.25) is 0 Å². The van der Waals surface area contributed by atoms with E-state index < -0.39 is 0 Å². The first-order valence-electron chi connectivity index (χ1n) is 6.94. The van der Waals surface area contributed by atoms with Crippen LogP contribution in [0.5, 0.6) is 5.75 Å². The van der Waals surface area contributed by atoms with Gasteiger partial charge in [0, 0.05) is 12.3 Å². The van der Waals surface area contributed by atoms with E-state index in [-0.39, 0.29) is 18.0 Å². The molecule has 116 valence electrons. The minimum Gasteiger partial charge on any atom is -0.489 e. The van der Waals surface area contributed by atoms with Gasteiger partial charge in [0.15, 0.2) is 0 Å². The molecule has 0 saturated carbocycles. The predicted octanol–water partition coefficient (Wildman–Crippen LogP) is 2.53. The Morgan fingerprint density at radius 2 is 1.91 bits per heavy atom. The highest BCUT2D eigenvalue weighted by molar-refractivity contribution is 5.38. The number of hydrogen-bond acceptors (Lipinski definition) is 4. The van der Waals surface area contributed by atoms with Crippen LogP contribution in [-0.4, -0.2) is 9.55 Å². The number of rotatable bonds is 4. The summed E-state index contributed by atoms with van der Waals surface area (Å²) >= 11 is 0. The molecule has 0 aliphatic rings.